The third-order valence-corrected chi connectivity index (χ3v) is 3.82. The van der Waals surface area contributed by atoms with Gasteiger partial charge in [0.05, 0.1) is 20.3 Å². The van der Waals surface area contributed by atoms with E-state index < -0.39 is 27.8 Å². The summed E-state index contributed by atoms with van der Waals surface area (Å²) in [7, 11) is -1.66. The van der Waals surface area contributed by atoms with E-state index in [1.165, 1.54) is 26.4 Å². The number of ether oxygens (including phenoxy) is 2. The second-order valence-electron chi connectivity index (χ2n) is 4.61. The average molecular weight is 337 g/mol. The lowest BCUT2D eigenvalue weighted by Crippen LogP contribution is -2.36. The summed E-state index contributed by atoms with van der Waals surface area (Å²) in [6, 6.07) is 2.84. The Kier molecular flexibility index (Phi) is 6.39. The zero-order valence-corrected chi connectivity index (χ0v) is 13.4. The Bertz CT molecular complexity index is 582. The molecule has 0 aliphatic carbocycles. The van der Waals surface area contributed by atoms with Gasteiger partial charge in [0.2, 0.25) is 5.82 Å². The van der Waals surface area contributed by atoms with Gasteiger partial charge < -0.3 is 19.5 Å². The van der Waals surface area contributed by atoms with Crippen molar-refractivity contribution in [3.8, 4) is 11.5 Å². The predicted octanol–water partition coefficient (Wildman–Crippen LogP) is 0.918. The summed E-state index contributed by atoms with van der Waals surface area (Å²) in [4.78, 5) is 1.61. The second-order valence-corrected chi connectivity index (χ2v) is 6.10. The first-order chi connectivity index (χ1) is 10.2. The molecular weight excluding hydrogens is 317 g/mol. The normalized spacial score (nSPS) is 12.8. The molecule has 0 aromatic heterocycles. The molecule has 2 N–H and O–H groups in total. The molecule has 1 rings (SSSR count). The summed E-state index contributed by atoms with van der Waals surface area (Å²) in [5, 5.41) is 9.74. The molecular formula is C13H20FNO6S. The Morgan fingerprint density at radius 2 is 1.77 bits per heavy atom. The SMILES string of the molecule is CCN(CC(O)CS(=O)(=O)O)c1cc(OC)c(F)c(OC)c1. The topological polar surface area (TPSA) is 96.3 Å². The van der Waals surface area contributed by atoms with Gasteiger partial charge in [0, 0.05) is 30.9 Å². The van der Waals surface area contributed by atoms with Crippen LogP contribution in [0.1, 0.15) is 6.92 Å². The maximum atomic E-state index is 13.9. The highest BCUT2D eigenvalue weighted by molar-refractivity contribution is 7.85. The van der Waals surface area contributed by atoms with Gasteiger partial charge in [0.1, 0.15) is 5.75 Å². The fraction of sp³-hybridized carbons (Fsp3) is 0.538. The van der Waals surface area contributed by atoms with E-state index in [0.29, 0.717) is 12.2 Å². The van der Waals surface area contributed by atoms with Crippen LogP contribution in [0.5, 0.6) is 11.5 Å². The molecule has 1 aromatic rings. The van der Waals surface area contributed by atoms with Crippen molar-refractivity contribution in [2.45, 2.75) is 13.0 Å². The van der Waals surface area contributed by atoms with E-state index in [9.17, 15) is 17.9 Å². The number of hydrogen-bond acceptors (Lipinski definition) is 6. The second kappa shape index (κ2) is 7.61. The van der Waals surface area contributed by atoms with Crippen LogP contribution in [0.2, 0.25) is 0 Å². The summed E-state index contributed by atoms with van der Waals surface area (Å²) in [5.74, 6) is -1.49. The average Bonchev–Trinajstić information content (AvgIpc) is 2.43. The van der Waals surface area contributed by atoms with Gasteiger partial charge in [0.15, 0.2) is 11.5 Å². The van der Waals surface area contributed by atoms with Crippen LogP contribution in [0.25, 0.3) is 0 Å². The number of hydrogen-bond donors (Lipinski definition) is 2. The number of likely N-dealkylation sites (N-methyl/N-ethyl adjacent to an activating group) is 1. The van der Waals surface area contributed by atoms with Crippen molar-refractivity contribution in [2.75, 3.05) is 38.0 Å². The van der Waals surface area contributed by atoms with E-state index in [1.54, 1.807) is 11.8 Å². The van der Waals surface area contributed by atoms with E-state index in [2.05, 4.69) is 0 Å². The maximum Gasteiger partial charge on any atom is 0.267 e. The van der Waals surface area contributed by atoms with Crippen molar-refractivity contribution in [1.82, 2.24) is 0 Å². The third-order valence-electron chi connectivity index (χ3n) is 3.01. The molecule has 0 saturated heterocycles. The Balaban J connectivity index is 3.04. The fourth-order valence-electron chi connectivity index (χ4n) is 2.01. The highest BCUT2D eigenvalue weighted by Gasteiger charge is 2.20. The van der Waals surface area contributed by atoms with E-state index >= 15 is 0 Å². The molecule has 0 aliphatic rings. The molecule has 1 aromatic carbocycles. The Morgan fingerprint density at radius 3 is 2.14 bits per heavy atom. The lowest BCUT2D eigenvalue weighted by Gasteiger charge is -2.26. The molecule has 126 valence electrons. The van der Waals surface area contributed by atoms with Gasteiger partial charge in [-0.1, -0.05) is 0 Å². The van der Waals surface area contributed by atoms with Gasteiger partial charge in [-0.05, 0) is 6.92 Å². The van der Waals surface area contributed by atoms with Crippen LogP contribution < -0.4 is 14.4 Å². The van der Waals surface area contributed by atoms with Crippen LogP contribution in [-0.2, 0) is 10.1 Å². The number of rotatable bonds is 8. The lowest BCUT2D eigenvalue weighted by molar-refractivity contribution is 0.200. The van der Waals surface area contributed by atoms with Gasteiger partial charge in [-0.2, -0.15) is 12.8 Å². The van der Waals surface area contributed by atoms with Crippen molar-refractivity contribution < 1.29 is 31.9 Å². The first-order valence-corrected chi connectivity index (χ1v) is 8.12. The number of benzene rings is 1. The summed E-state index contributed by atoms with van der Waals surface area (Å²) in [5.41, 5.74) is 0.493. The molecule has 0 heterocycles. The maximum absolute atomic E-state index is 13.9. The van der Waals surface area contributed by atoms with Crippen LogP contribution in [-0.4, -0.2) is 57.2 Å². The van der Waals surface area contributed by atoms with Crippen molar-refractivity contribution >= 4 is 15.8 Å². The summed E-state index contributed by atoms with van der Waals surface area (Å²) in [6.45, 7) is 2.14. The Morgan fingerprint density at radius 1 is 1.27 bits per heavy atom. The minimum absolute atomic E-state index is 0.0305. The highest BCUT2D eigenvalue weighted by Crippen LogP contribution is 2.32. The molecule has 0 aliphatic heterocycles. The third kappa shape index (κ3) is 5.00. The molecule has 0 bridgehead atoms. The van der Waals surface area contributed by atoms with Crippen LogP contribution >= 0.6 is 0 Å². The lowest BCUT2D eigenvalue weighted by atomic mass is 10.2. The monoisotopic (exact) mass is 337 g/mol. The van der Waals surface area contributed by atoms with Gasteiger partial charge in [0.25, 0.3) is 10.1 Å². The molecule has 1 atom stereocenters. The van der Waals surface area contributed by atoms with E-state index in [1.807, 2.05) is 0 Å². The van der Waals surface area contributed by atoms with Crippen LogP contribution in [0.3, 0.4) is 0 Å². The quantitative estimate of drug-likeness (QED) is 0.681. The van der Waals surface area contributed by atoms with Gasteiger partial charge in [-0.25, -0.2) is 0 Å². The van der Waals surface area contributed by atoms with Crippen molar-refractivity contribution in [1.29, 1.82) is 0 Å². The fourth-order valence-corrected chi connectivity index (χ4v) is 2.60. The number of methoxy groups -OCH3 is 2. The standard InChI is InChI=1S/C13H20FNO6S/c1-4-15(7-10(16)8-22(17,18)19)9-5-11(20-2)13(14)12(6-9)21-3/h5-6,10,16H,4,7-8H2,1-3H3,(H,17,18,19). The Labute approximate surface area is 129 Å². The first-order valence-electron chi connectivity index (χ1n) is 6.51. The van der Waals surface area contributed by atoms with Crippen LogP contribution in [0.4, 0.5) is 10.1 Å². The molecule has 0 radical (unpaired) electrons. The highest BCUT2D eigenvalue weighted by atomic mass is 32.2. The minimum atomic E-state index is -4.28. The van der Waals surface area contributed by atoms with Gasteiger partial charge in [-0.3, -0.25) is 4.55 Å². The number of anilines is 1. The number of aliphatic hydroxyl groups excluding tert-OH is 1. The molecule has 1 unspecified atom stereocenters. The molecule has 22 heavy (non-hydrogen) atoms. The summed E-state index contributed by atoms with van der Waals surface area (Å²) < 4.78 is 54.0. The van der Waals surface area contributed by atoms with Crippen LogP contribution in [0, 0.1) is 5.82 Å². The molecule has 0 spiro atoms. The minimum Gasteiger partial charge on any atom is -0.493 e. The van der Waals surface area contributed by atoms with Gasteiger partial charge >= 0.3 is 0 Å². The number of aliphatic hydroxyl groups is 1. The number of nitrogens with zero attached hydrogens (tertiary/aromatic N) is 1. The molecule has 0 saturated carbocycles. The van der Waals surface area contributed by atoms with Crippen molar-refractivity contribution in [3.63, 3.8) is 0 Å². The summed E-state index contributed by atoms with van der Waals surface area (Å²) in [6.07, 6.45) is -1.29. The zero-order valence-electron chi connectivity index (χ0n) is 12.6. The molecule has 9 heteroatoms. The zero-order chi connectivity index (χ0) is 16.9. The Hall–Kier alpha value is -1.58. The number of halogens is 1. The molecule has 0 amide bonds. The largest absolute Gasteiger partial charge is 0.493 e. The van der Waals surface area contributed by atoms with E-state index in [0.717, 1.165) is 0 Å². The first kappa shape index (κ1) is 18.5. The van der Waals surface area contributed by atoms with E-state index in [-0.39, 0.29) is 18.0 Å². The molecule has 7 nitrogen and oxygen atoms in total. The summed E-state index contributed by atoms with van der Waals surface area (Å²) >= 11 is 0. The molecule has 0 fully saturated rings. The van der Waals surface area contributed by atoms with Crippen molar-refractivity contribution in [2.24, 2.45) is 0 Å². The van der Waals surface area contributed by atoms with Crippen molar-refractivity contribution in [3.05, 3.63) is 17.9 Å². The van der Waals surface area contributed by atoms with Gasteiger partial charge in [-0.15, -0.1) is 0 Å². The van der Waals surface area contributed by atoms with E-state index in [4.69, 9.17) is 14.0 Å². The van der Waals surface area contributed by atoms with Crippen LogP contribution in [0.15, 0.2) is 12.1 Å². The predicted molar refractivity (Wildman–Crippen MR) is 79.8 cm³/mol. The smallest absolute Gasteiger partial charge is 0.267 e.